The Morgan fingerprint density at radius 1 is 0.952 bits per heavy atom. The highest BCUT2D eigenvalue weighted by Crippen LogP contribution is 2.38. The predicted octanol–water partition coefficient (Wildman–Crippen LogP) is 1.79. The first-order chi connectivity index (χ1) is 10.3. The number of carbonyl (C=O) groups is 2. The minimum absolute atomic E-state index is 0.130. The van der Waals surface area contributed by atoms with Crippen LogP contribution >= 0.6 is 0 Å². The van der Waals surface area contributed by atoms with E-state index in [1.54, 1.807) is 4.90 Å². The first kappa shape index (κ1) is 12.1. The molecule has 2 aromatic rings. The van der Waals surface area contributed by atoms with Gasteiger partial charge in [-0.3, -0.25) is 14.5 Å². The van der Waals surface area contributed by atoms with Crippen molar-refractivity contribution in [1.82, 2.24) is 5.32 Å². The summed E-state index contributed by atoms with van der Waals surface area (Å²) < 4.78 is 0. The molecule has 4 rings (SSSR count). The fourth-order valence-electron chi connectivity index (χ4n) is 3.25. The zero-order chi connectivity index (χ0) is 14.4. The minimum Gasteiger partial charge on any atom is -0.345 e. The van der Waals surface area contributed by atoms with E-state index in [-0.39, 0.29) is 6.04 Å². The number of nitrogens with zero attached hydrogens (tertiary/aromatic N) is 1. The summed E-state index contributed by atoms with van der Waals surface area (Å²) in [6.45, 7) is 0.454. The molecule has 2 heterocycles. The average Bonchev–Trinajstić information content (AvgIpc) is 2.65. The summed E-state index contributed by atoms with van der Waals surface area (Å²) in [6, 6.07) is 15.8. The van der Waals surface area contributed by atoms with Crippen LogP contribution in [0.2, 0.25) is 0 Å². The highest BCUT2D eigenvalue weighted by Gasteiger charge is 2.39. The van der Waals surface area contributed by atoms with Crippen LogP contribution in [0.4, 0.5) is 5.69 Å². The number of rotatable bonds is 0. The van der Waals surface area contributed by atoms with Crippen LogP contribution in [0.25, 0.3) is 0 Å². The number of hydrogen-bond donors (Lipinski definition) is 1. The van der Waals surface area contributed by atoms with E-state index >= 15 is 0 Å². The Bertz CT molecular complexity index is 754. The fourth-order valence-corrected chi connectivity index (χ4v) is 3.25. The number of hydrogen-bond acceptors (Lipinski definition) is 2. The maximum Gasteiger partial charge on any atom is 0.316 e. The number of benzene rings is 2. The first-order valence-corrected chi connectivity index (χ1v) is 7.03. The summed E-state index contributed by atoms with van der Waals surface area (Å²) in [6.07, 6.45) is 0.779. The van der Waals surface area contributed by atoms with Crippen LogP contribution < -0.4 is 10.2 Å². The molecular weight excluding hydrogens is 264 g/mol. The summed E-state index contributed by atoms with van der Waals surface area (Å²) in [5, 5.41) is 2.70. The van der Waals surface area contributed by atoms with E-state index in [4.69, 9.17) is 0 Å². The zero-order valence-corrected chi connectivity index (χ0v) is 11.4. The molecule has 1 atom stereocenters. The van der Waals surface area contributed by atoms with Gasteiger partial charge in [0.05, 0.1) is 6.04 Å². The summed E-state index contributed by atoms with van der Waals surface area (Å²) in [5.74, 6) is -1.00. The van der Waals surface area contributed by atoms with Crippen molar-refractivity contribution in [3.05, 3.63) is 65.2 Å². The highest BCUT2D eigenvalue weighted by atomic mass is 16.2. The van der Waals surface area contributed by atoms with Gasteiger partial charge in [0.15, 0.2) is 0 Å². The average molecular weight is 278 g/mol. The molecule has 21 heavy (non-hydrogen) atoms. The second kappa shape index (κ2) is 4.45. The van der Waals surface area contributed by atoms with E-state index in [0.717, 1.165) is 23.2 Å². The lowest BCUT2D eigenvalue weighted by Gasteiger charge is -2.35. The summed E-state index contributed by atoms with van der Waals surface area (Å²) >= 11 is 0. The third kappa shape index (κ3) is 1.76. The fraction of sp³-hybridized carbons (Fsp3) is 0.176. The van der Waals surface area contributed by atoms with E-state index < -0.39 is 11.8 Å². The van der Waals surface area contributed by atoms with E-state index in [2.05, 4.69) is 11.4 Å². The summed E-state index contributed by atoms with van der Waals surface area (Å²) in [7, 11) is 0. The van der Waals surface area contributed by atoms with Crippen LogP contribution in [0, 0.1) is 0 Å². The molecule has 0 aliphatic carbocycles. The minimum atomic E-state index is -0.527. The van der Waals surface area contributed by atoms with Gasteiger partial charge in [0.1, 0.15) is 0 Å². The number of fused-ring (bicyclic) bond motifs is 5. The summed E-state index contributed by atoms with van der Waals surface area (Å²) in [4.78, 5) is 25.8. The molecule has 1 saturated heterocycles. The Kier molecular flexibility index (Phi) is 2.57. The van der Waals surface area contributed by atoms with Gasteiger partial charge in [0.25, 0.3) is 0 Å². The van der Waals surface area contributed by atoms with Crippen LogP contribution in [0.1, 0.15) is 22.7 Å². The highest BCUT2D eigenvalue weighted by molar-refractivity contribution is 6.41. The number of amides is 2. The van der Waals surface area contributed by atoms with Crippen LogP contribution in [0.15, 0.2) is 48.5 Å². The van der Waals surface area contributed by atoms with E-state index in [1.807, 2.05) is 42.5 Å². The van der Waals surface area contributed by atoms with Gasteiger partial charge in [-0.1, -0.05) is 42.5 Å². The molecular formula is C17H14N2O2. The SMILES string of the molecule is O=C1NC[C@@H]2c3ccccc3Cc3ccccc3N2C1=O. The monoisotopic (exact) mass is 278 g/mol. The van der Waals surface area contributed by atoms with Gasteiger partial charge in [-0.2, -0.15) is 0 Å². The lowest BCUT2D eigenvalue weighted by atomic mass is 9.96. The normalized spacial score (nSPS) is 20.0. The Labute approximate surface area is 122 Å². The molecule has 2 amide bonds. The third-order valence-corrected chi connectivity index (χ3v) is 4.23. The zero-order valence-electron chi connectivity index (χ0n) is 11.4. The van der Waals surface area contributed by atoms with Crippen molar-refractivity contribution < 1.29 is 9.59 Å². The topological polar surface area (TPSA) is 49.4 Å². The Morgan fingerprint density at radius 3 is 2.52 bits per heavy atom. The molecule has 0 bridgehead atoms. The van der Waals surface area contributed by atoms with E-state index in [0.29, 0.717) is 6.54 Å². The lowest BCUT2D eigenvalue weighted by molar-refractivity contribution is -0.139. The second-order valence-electron chi connectivity index (χ2n) is 5.41. The Hall–Kier alpha value is -2.62. The van der Waals surface area contributed by atoms with Gasteiger partial charge in [0.2, 0.25) is 0 Å². The molecule has 0 spiro atoms. The molecule has 1 N–H and O–H groups in total. The predicted molar refractivity (Wildman–Crippen MR) is 78.9 cm³/mol. The number of para-hydroxylation sites is 1. The van der Waals surface area contributed by atoms with Crippen molar-refractivity contribution in [3.8, 4) is 0 Å². The van der Waals surface area contributed by atoms with Gasteiger partial charge in [-0.15, -0.1) is 0 Å². The smallest absolute Gasteiger partial charge is 0.316 e. The van der Waals surface area contributed by atoms with Gasteiger partial charge in [-0.25, -0.2) is 0 Å². The van der Waals surface area contributed by atoms with Crippen molar-refractivity contribution in [1.29, 1.82) is 0 Å². The quantitative estimate of drug-likeness (QED) is 0.747. The number of piperazine rings is 1. The molecule has 0 radical (unpaired) electrons. The molecule has 4 heteroatoms. The van der Waals surface area contributed by atoms with Crippen molar-refractivity contribution in [3.63, 3.8) is 0 Å². The molecule has 1 fully saturated rings. The van der Waals surface area contributed by atoms with Crippen molar-refractivity contribution in [2.45, 2.75) is 12.5 Å². The molecule has 4 nitrogen and oxygen atoms in total. The molecule has 0 unspecified atom stereocenters. The van der Waals surface area contributed by atoms with Gasteiger partial charge < -0.3 is 5.32 Å². The van der Waals surface area contributed by atoms with Gasteiger partial charge >= 0.3 is 11.8 Å². The van der Waals surface area contributed by atoms with Crippen LogP contribution in [-0.2, 0) is 16.0 Å². The molecule has 2 aromatic carbocycles. The van der Waals surface area contributed by atoms with Gasteiger partial charge in [0, 0.05) is 12.2 Å². The van der Waals surface area contributed by atoms with Crippen molar-refractivity contribution >= 4 is 17.5 Å². The Morgan fingerprint density at radius 2 is 1.67 bits per heavy atom. The molecule has 0 saturated carbocycles. The van der Waals surface area contributed by atoms with Crippen LogP contribution in [-0.4, -0.2) is 18.4 Å². The second-order valence-corrected chi connectivity index (χ2v) is 5.41. The Balaban J connectivity index is 1.97. The maximum absolute atomic E-state index is 12.4. The molecule has 2 aliphatic rings. The molecule has 0 aromatic heterocycles. The van der Waals surface area contributed by atoms with Crippen molar-refractivity contribution in [2.75, 3.05) is 11.4 Å². The van der Waals surface area contributed by atoms with E-state index in [9.17, 15) is 9.59 Å². The van der Waals surface area contributed by atoms with Gasteiger partial charge in [-0.05, 0) is 29.2 Å². The molecule has 104 valence electrons. The number of anilines is 1. The van der Waals surface area contributed by atoms with Crippen LogP contribution in [0.3, 0.4) is 0 Å². The lowest BCUT2D eigenvalue weighted by Crippen LogP contribution is -2.54. The van der Waals surface area contributed by atoms with E-state index in [1.165, 1.54) is 5.56 Å². The number of carbonyl (C=O) groups excluding carboxylic acids is 2. The standard InChI is InChI=1S/C17H14N2O2/c20-16-17(21)19-14-8-4-2-6-12(14)9-11-5-1-3-7-13(11)15(19)10-18-16/h1-8,15H,9-10H2,(H,18,20)/t15-/m1/s1. The first-order valence-electron chi connectivity index (χ1n) is 7.03. The number of nitrogens with one attached hydrogen (secondary N) is 1. The largest absolute Gasteiger partial charge is 0.345 e. The third-order valence-electron chi connectivity index (χ3n) is 4.23. The molecule has 2 aliphatic heterocycles. The maximum atomic E-state index is 12.4. The summed E-state index contributed by atoms with van der Waals surface area (Å²) in [5.41, 5.74) is 4.25. The van der Waals surface area contributed by atoms with Crippen molar-refractivity contribution in [2.24, 2.45) is 0 Å². The van der Waals surface area contributed by atoms with Crippen LogP contribution in [0.5, 0.6) is 0 Å².